The molecule has 1 aromatic carbocycles. The van der Waals surface area contributed by atoms with Crippen LogP contribution in [-0.4, -0.2) is 69.4 Å². The van der Waals surface area contributed by atoms with E-state index in [1.54, 1.807) is 11.0 Å². The molecular weight excluding hydrogens is 378 g/mol. The maximum Gasteiger partial charge on any atom is 0.243 e. The molecule has 0 radical (unpaired) electrons. The van der Waals surface area contributed by atoms with Gasteiger partial charge in [-0.25, -0.2) is 8.42 Å². The quantitative estimate of drug-likeness (QED) is 0.745. The molecule has 1 aliphatic carbocycles. The Balaban J connectivity index is 1.72. The topological polar surface area (TPSA) is 79.0 Å². The fourth-order valence-corrected chi connectivity index (χ4v) is 5.12. The number of sulfonamides is 1. The monoisotopic (exact) mass is 401 g/mol. The summed E-state index contributed by atoms with van der Waals surface area (Å²) in [5, 5.41) is 3.45. The number of carbonyl (C=O) groups is 1. The number of ether oxygens (including phenoxy) is 1. The van der Waals surface area contributed by atoms with E-state index in [0.29, 0.717) is 18.8 Å². The number of hydrogen-bond acceptors (Lipinski definition) is 5. The van der Waals surface area contributed by atoms with Gasteiger partial charge in [0.05, 0.1) is 17.0 Å². The van der Waals surface area contributed by atoms with Crippen molar-refractivity contribution in [1.29, 1.82) is 0 Å². The van der Waals surface area contributed by atoms with Crippen LogP contribution in [0.5, 0.6) is 5.75 Å². The minimum Gasteiger partial charge on any atom is -0.495 e. The Morgan fingerprint density at radius 2 is 2.04 bits per heavy atom. The van der Waals surface area contributed by atoms with E-state index >= 15 is 0 Å². The van der Waals surface area contributed by atoms with Gasteiger partial charge in [0.15, 0.2) is 0 Å². The number of nitrogens with one attached hydrogen (secondary N) is 1. The van der Waals surface area contributed by atoms with Gasteiger partial charge in [0.2, 0.25) is 15.9 Å². The Hall–Kier alpha value is -1.35. The zero-order valence-electron chi connectivity index (χ0n) is 14.8. The van der Waals surface area contributed by atoms with Crippen molar-refractivity contribution in [2.75, 3.05) is 39.8 Å². The summed E-state index contributed by atoms with van der Waals surface area (Å²) in [7, 11) is -2.22. The predicted molar refractivity (Wildman–Crippen MR) is 99.0 cm³/mol. The van der Waals surface area contributed by atoms with Crippen LogP contribution in [0.25, 0.3) is 0 Å². The van der Waals surface area contributed by atoms with E-state index in [2.05, 4.69) is 5.32 Å². The highest BCUT2D eigenvalue weighted by Gasteiger charge is 2.38. The highest BCUT2D eigenvalue weighted by Crippen LogP contribution is 2.34. The number of benzene rings is 1. The van der Waals surface area contributed by atoms with E-state index in [1.165, 1.54) is 23.5 Å². The molecule has 1 N–H and O–H groups in total. The van der Waals surface area contributed by atoms with Crippen molar-refractivity contribution in [1.82, 2.24) is 14.5 Å². The predicted octanol–water partition coefficient (Wildman–Crippen LogP) is 1.32. The van der Waals surface area contributed by atoms with Crippen molar-refractivity contribution < 1.29 is 17.9 Å². The highest BCUT2D eigenvalue weighted by atomic mass is 35.5. The molecule has 0 spiro atoms. The van der Waals surface area contributed by atoms with Crippen LogP contribution in [0, 0.1) is 0 Å². The molecule has 0 bridgehead atoms. The SMILES string of the molecule is COc1ccc(S(=O)(=O)N(CCC(=O)N2CCNCC2)C2CC2)cc1Cl. The van der Waals surface area contributed by atoms with Crippen LogP contribution in [0.15, 0.2) is 23.1 Å². The molecule has 1 heterocycles. The first kappa shape index (κ1) is 19.4. The summed E-state index contributed by atoms with van der Waals surface area (Å²) >= 11 is 6.09. The molecule has 2 fully saturated rings. The average molecular weight is 402 g/mol. The molecule has 144 valence electrons. The third kappa shape index (κ3) is 4.31. The maximum atomic E-state index is 13.0. The fourth-order valence-electron chi connectivity index (χ4n) is 3.08. The first-order valence-corrected chi connectivity index (χ1v) is 10.6. The van der Waals surface area contributed by atoms with Gasteiger partial charge < -0.3 is 15.0 Å². The van der Waals surface area contributed by atoms with Gasteiger partial charge in [-0.15, -0.1) is 0 Å². The van der Waals surface area contributed by atoms with Crippen molar-refractivity contribution in [3.63, 3.8) is 0 Å². The van der Waals surface area contributed by atoms with E-state index in [1.807, 2.05) is 0 Å². The van der Waals surface area contributed by atoms with Crippen LogP contribution in [0.3, 0.4) is 0 Å². The molecule has 1 aliphatic heterocycles. The number of piperazine rings is 1. The lowest BCUT2D eigenvalue weighted by Crippen LogP contribution is -2.47. The number of carbonyl (C=O) groups excluding carboxylic acids is 1. The molecular formula is C17H24ClN3O4S. The van der Waals surface area contributed by atoms with Crippen molar-refractivity contribution in [2.24, 2.45) is 0 Å². The summed E-state index contributed by atoms with van der Waals surface area (Å²) in [4.78, 5) is 14.3. The van der Waals surface area contributed by atoms with Gasteiger partial charge in [-0.3, -0.25) is 4.79 Å². The smallest absolute Gasteiger partial charge is 0.243 e. The molecule has 1 saturated heterocycles. The standard InChI is InChI=1S/C17H24ClN3O4S/c1-25-16-5-4-14(12-15(16)18)26(23,24)21(13-2-3-13)9-6-17(22)20-10-7-19-8-11-20/h4-5,12-13,19H,2-3,6-11H2,1H3. The second-order valence-corrected chi connectivity index (χ2v) is 8.82. The van der Waals surface area contributed by atoms with Crippen molar-refractivity contribution >= 4 is 27.5 Å². The van der Waals surface area contributed by atoms with E-state index in [-0.39, 0.29) is 34.8 Å². The molecule has 1 saturated carbocycles. The van der Waals surface area contributed by atoms with Crippen LogP contribution in [0.1, 0.15) is 19.3 Å². The first-order chi connectivity index (χ1) is 12.4. The third-order valence-electron chi connectivity index (χ3n) is 4.70. The van der Waals surface area contributed by atoms with Crippen LogP contribution >= 0.6 is 11.6 Å². The van der Waals surface area contributed by atoms with Gasteiger partial charge >= 0.3 is 0 Å². The molecule has 0 aromatic heterocycles. The normalized spacial score (nSPS) is 18.2. The Morgan fingerprint density at radius 3 is 2.62 bits per heavy atom. The Kier molecular flexibility index (Phi) is 6.06. The van der Waals surface area contributed by atoms with Gasteiger partial charge in [0, 0.05) is 45.2 Å². The van der Waals surface area contributed by atoms with E-state index in [0.717, 1.165) is 25.9 Å². The summed E-state index contributed by atoms with van der Waals surface area (Å²) in [5.74, 6) is 0.428. The summed E-state index contributed by atoms with van der Waals surface area (Å²) in [5.41, 5.74) is 0. The fraction of sp³-hybridized carbons (Fsp3) is 0.588. The van der Waals surface area contributed by atoms with Crippen LogP contribution in [0.2, 0.25) is 5.02 Å². The molecule has 26 heavy (non-hydrogen) atoms. The molecule has 1 amide bonds. The number of methoxy groups -OCH3 is 1. The molecule has 2 aliphatic rings. The van der Waals surface area contributed by atoms with Gasteiger partial charge in [0.1, 0.15) is 5.75 Å². The Labute approximate surface area is 159 Å². The highest BCUT2D eigenvalue weighted by molar-refractivity contribution is 7.89. The number of halogens is 1. The van der Waals surface area contributed by atoms with Crippen LogP contribution < -0.4 is 10.1 Å². The van der Waals surface area contributed by atoms with Crippen LogP contribution in [-0.2, 0) is 14.8 Å². The van der Waals surface area contributed by atoms with Gasteiger partial charge in [-0.05, 0) is 31.0 Å². The van der Waals surface area contributed by atoms with Crippen molar-refractivity contribution in [3.8, 4) is 5.75 Å². The third-order valence-corrected chi connectivity index (χ3v) is 6.94. The molecule has 9 heteroatoms. The summed E-state index contributed by atoms with van der Waals surface area (Å²) < 4.78 is 32.6. The zero-order valence-corrected chi connectivity index (χ0v) is 16.4. The Morgan fingerprint density at radius 1 is 1.35 bits per heavy atom. The summed E-state index contributed by atoms with van der Waals surface area (Å²) in [6.07, 6.45) is 1.84. The number of hydrogen-bond donors (Lipinski definition) is 1. The average Bonchev–Trinajstić information content (AvgIpc) is 3.47. The van der Waals surface area contributed by atoms with Crippen molar-refractivity contribution in [3.05, 3.63) is 23.2 Å². The number of rotatable bonds is 7. The molecule has 0 atom stereocenters. The second kappa shape index (κ2) is 8.12. The van der Waals surface area contributed by atoms with E-state index in [4.69, 9.17) is 16.3 Å². The number of amides is 1. The van der Waals surface area contributed by atoms with Gasteiger partial charge in [-0.1, -0.05) is 11.6 Å². The van der Waals surface area contributed by atoms with Crippen LogP contribution in [0.4, 0.5) is 0 Å². The largest absolute Gasteiger partial charge is 0.495 e. The zero-order chi connectivity index (χ0) is 18.7. The lowest BCUT2D eigenvalue weighted by Gasteiger charge is -2.29. The minimum absolute atomic E-state index is 0.000105. The summed E-state index contributed by atoms with van der Waals surface area (Å²) in [6.45, 7) is 3.09. The van der Waals surface area contributed by atoms with Crippen molar-refractivity contribution in [2.45, 2.75) is 30.2 Å². The lowest BCUT2D eigenvalue weighted by molar-refractivity contribution is -0.131. The maximum absolute atomic E-state index is 13.0. The Bertz CT molecular complexity index is 761. The second-order valence-electron chi connectivity index (χ2n) is 6.52. The molecule has 0 unspecified atom stereocenters. The molecule has 7 nitrogen and oxygen atoms in total. The molecule has 1 aromatic rings. The van der Waals surface area contributed by atoms with Gasteiger partial charge in [0.25, 0.3) is 0 Å². The minimum atomic E-state index is -3.70. The summed E-state index contributed by atoms with van der Waals surface area (Å²) in [6, 6.07) is 4.42. The number of nitrogens with zero attached hydrogens (tertiary/aromatic N) is 2. The first-order valence-electron chi connectivity index (χ1n) is 8.77. The molecule has 3 rings (SSSR count). The van der Waals surface area contributed by atoms with E-state index < -0.39 is 10.0 Å². The van der Waals surface area contributed by atoms with E-state index in [9.17, 15) is 13.2 Å². The lowest BCUT2D eigenvalue weighted by atomic mass is 10.3. The van der Waals surface area contributed by atoms with Gasteiger partial charge in [-0.2, -0.15) is 4.31 Å².